The van der Waals surface area contributed by atoms with Gasteiger partial charge >= 0.3 is 5.97 Å². The lowest BCUT2D eigenvalue weighted by Gasteiger charge is -2.40. The Hall–Kier alpha value is -1.84. The quantitative estimate of drug-likeness (QED) is 0.933. The molecule has 1 heterocycles. The maximum atomic E-state index is 13.3. The lowest BCUT2D eigenvalue weighted by Crippen LogP contribution is -2.51. The Labute approximate surface area is 131 Å². The van der Waals surface area contributed by atoms with Crippen molar-refractivity contribution < 1.29 is 14.7 Å². The molecule has 1 saturated heterocycles. The van der Waals surface area contributed by atoms with Crippen LogP contribution in [0, 0.1) is 0 Å². The van der Waals surface area contributed by atoms with E-state index in [2.05, 4.69) is 0 Å². The third-order valence-electron chi connectivity index (χ3n) is 5.24. The second kappa shape index (κ2) is 6.11. The Morgan fingerprint density at radius 3 is 2.36 bits per heavy atom. The van der Waals surface area contributed by atoms with Gasteiger partial charge in [-0.1, -0.05) is 49.6 Å². The Kier molecular flexibility index (Phi) is 4.19. The Morgan fingerprint density at radius 1 is 1.05 bits per heavy atom. The number of carbonyl (C=O) groups excluding carboxylic acids is 1. The van der Waals surface area contributed by atoms with Gasteiger partial charge in [-0.05, 0) is 31.2 Å². The fourth-order valence-corrected chi connectivity index (χ4v) is 4.08. The average molecular weight is 301 g/mol. The molecule has 1 aliphatic carbocycles. The number of likely N-dealkylation sites (tertiary alicyclic amines) is 1. The minimum atomic E-state index is -0.870. The molecule has 2 aliphatic rings. The molecule has 4 heteroatoms. The van der Waals surface area contributed by atoms with Gasteiger partial charge in [0.15, 0.2) is 0 Å². The molecule has 1 amide bonds. The molecule has 0 radical (unpaired) electrons. The summed E-state index contributed by atoms with van der Waals surface area (Å²) in [4.78, 5) is 26.4. The number of carboxylic acids is 1. The van der Waals surface area contributed by atoms with Crippen LogP contribution in [0.3, 0.4) is 0 Å². The number of hydrogen-bond acceptors (Lipinski definition) is 2. The number of carboxylic acid groups (broad SMARTS) is 1. The lowest BCUT2D eigenvalue weighted by molar-refractivity contribution is -0.151. The second-order valence-corrected chi connectivity index (χ2v) is 6.50. The topological polar surface area (TPSA) is 57.6 Å². The molecule has 1 aliphatic heterocycles. The molecule has 1 atom stereocenters. The molecule has 0 bridgehead atoms. The molecule has 1 saturated carbocycles. The molecule has 1 N–H and O–H groups in total. The molecule has 3 rings (SSSR count). The Morgan fingerprint density at radius 2 is 1.73 bits per heavy atom. The third kappa shape index (κ3) is 2.51. The van der Waals surface area contributed by atoms with Crippen LogP contribution in [-0.4, -0.2) is 34.5 Å². The van der Waals surface area contributed by atoms with Crippen molar-refractivity contribution in [3.05, 3.63) is 35.9 Å². The molecular formula is C18H23NO3. The summed E-state index contributed by atoms with van der Waals surface area (Å²) in [5, 5.41) is 9.39. The van der Waals surface area contributed by atoms with E-state index >= 15 is 0 Å². The molecule has 1 aromatic rings. The minimum absolute atomic E-state index is 0.0308. The predicted octanol–water partition coefficient (Wildman–Crippen LogP) is 2.96. The van der Waals surface area contributed by atoms with Crippen LogP contribution in [0.2, 0.25) is 0 Å². The molecule has 0 aromatic heterocycles. The summed E-state index contributed by atoms with van der Waals surface area (Å²) < 4.78 is 0. The van der Waals surface area contributed by atoms with Gasteiger partial charge in [0.05, 0.1) is 5.41 Å². The van der Waals surface area contributed by atoms with Gasteiger partial charge in [-0.2, -0.15) is 0 Å². The number of carbonyl (C=O) groups is 2. The van der Waals surface area contributed by atoms with Crippen LogP contribution in [0.4, 0.5) is 0 Å². The van der Waals surface area contributed by atoms with E-state index in [4.69, 9.17) is 0 Å². The van der Waals surface area contributed by atoms with Crippen LogP contribution in [-0.2, 0) is 15.0 Å². The molecule has 1 aromatic carbocycles. The smallest absolute Gasteiger partial charge is 0.326 e. The number of aliphatic carboxylic acids is 1. The summed E-state index contributed by atoms with van der Waals surface area (Å²) in [6.45, 7) is 0.574. The van der Waals surface area contributed by atoms with Gasteiger partial charge in [-0.25, -0.2) is 4.79 Å². The summed E-state index contributed by atoms with van der Waals surface area (Å²) >= 11 is 0. The van der Waals surface area contributed by atoms with Gasteiger partial charge in [0.1, 0.15) is 6.04 Å². The second-order valence-electron chi connectivity index (χ2n) is 6.50. The highest BCUT2D eigenvalue weighted by atomic mass is 16.4. The van der Waals surface area contributed by atoms with E-state index in [0.717, 1.165) is 44.1 Å². The van der Waals surface area contributed by atoms with Crippen molar-refractivity contribution in [2.24, 2.45) is 0 Å². The first-order valence-corrected chi connectivity index (χ1v) is 8.24. The van der Waals surface area contributed by atoms with Crippen molar-refractivity contribution in [2.45, 2.75) is 56.4 Å². The monoisotopic (exact) mass is 301 g/mol. The van der Waals surface area contributed by atoms with Crippen LogP contribution in [0.1, 0.15) is 50.5 Å². The number of benzene rings is 1. The number of rotatable bonds is 3. The average Bonchev–Trinajstić information content (AvgIpc) is 3.05. The van der Waals surface area contributed by atoms with Crippen LogP contribution in [0.25, 0.3) is 0 Å². The van der Waals surface area contributed by atoms with E-state index in [1.54, 1.807) is 4.90 Å². The molecule has 0 spiro atoms. The van der Waals surface area contributed by atoms with Crippen molar-refractivity contribution in [1.82, 2.24) is 4.90 Å². The SMILES string of the molecule is O=C(O)C1CCCN1C(=O)C1(c2ccccc2)CCCCC1. The fourth-order valence-electron chi connectivity index (χ4n) is 4.08. The molecule has 1 unspecified atom stereocenters. The largest absolute Gasteiger partial charge is 0.480 e. The maximum absolute atomic E-state index is 13.3. The molecular weight excluding hydrogens is 278 g/mol. The van der Waals surface area contributed by atoms with Gasteiger partial charge in [-0.15, -0.1) is 0 Å². The van der Waals surface area contributed by atoms with Crippen molar-refractivity contribution in [3.8, 4) is 0 Å². The van der Waals surface area contributed by atoms with Crippen molar-refractivity contribution in [3.63, 3.8) is 0 Å². The van der Waals surface area contributed by atoms with Gasteiger partial charge in [0.2, 0.25) is 5.91 Å². The van der Waals surface area contributed by atoms with Crippen molar-refractivity contribution in [2.75, 3.05) is 6.54 Å². The first-order valence-electron chi connectivity index (χ1n) is 8.24. The molecule has 4 nitrogen and oxygen atoms in total. The van der Waals surface area contributed by atoms with E-state index in [-0.39, 0.29) is 5.91 Å². The van der Waals surface area contributed by atoms with Gasteiger partial charge < -0.3 is 10.0 Å². The van der Waals surface area contributed by atoms with Crippen molar-refractivity contribution >= 4 is 11.9 Å². The maximum Gasteiger partial charge on any atom is 0.326 e. The Balaban J connectivity index is 1.96. The highest BCUT2D eigenvalue weighted by Crippen LogP contribution is 2.42. The molecule has 118 valence electrons. The van der Waals surface area contributed by atoms with Gasteiger partial charge in [0, 0.05) is 6.54 Å². The summed E-state index contributed by atoms with van der Waals surface area (Å²) in [5.41, 5.74) is 0.535. The van der Waals surface area contributed by atoms with Crippen LogP contribution >= 0.6 is 0 Å². The van der Waals surface area contributed by atoms with E-state index in [1.807, 2.05) is 30.3 Å². The van der Waals surface area contributed by atoms with Crippen LogP contribution in [0.5, 0.6) is 0 Å². The zero-order valence-corrected chi connectivity index (χ0v) is 12.8. The first kappa shape index (κ1) is 15.1. The minimum Gasteiger partial charge on any atom is -0.480 e. The zero-order valence-electron chi connectivity index (χ0n) is 12.8. The molecule has 2 fully saturated rings. The number of amides is 1. The van der Waals surface area contributed by atoms with E-state index < -0.39 is 17.4 Å². The zero-order chi connectivity index (χ0) is 15.6. The first-order chi connectivity index (χ1) is 10.6. The summed E-state index contributed by atoms with van der Waals surface area (Å²) in [5.74, 6) is -0.840. The fraction of sp³-hybridized carbons (Fsp3) is 0.556. The number of hydrogen-bond donors (Lipinski definition) is 1. The standard InChI is InChI=1S/C18H23NO3/c20-16(21)15-10-7-13-19(15)17(22)18(11-5-2-6-12-18)14-8-3-1-4-9-14/h1,3-4,8-9,15H,2,5-7,10-13H2,(H,20,21). The van der Waals surface area contributed by atoms with Gasteiger partial charge in [0.25, 0.3) is 0 Å². The van der Waals surface area contributed by atoms with E-state index in [9.17, 15) is 14.7 Å². The lowest BCUT2D eigenvalue weighted by atomic mass is 9.68. The predicted molar refractivity (Wildman–Crippen MR) is 83.6 cm³/mol. The van der Waals surface area contributed by atoms with E-state index in [0.29, 0.717) is 13.0 Å². The number of nitrogens with zero attached hydrogens (tertiary/aromatic N) is 1. The third-order valence-corrected chi connectivity index (χ3v) is 5.24. The van der Waals surface area contributed by atoms with Crippen LogP contribution < -0.4 is 0 Å². The summed E-state index contributed by atoms with van der Waals surface area (Å²) in [6.07, 6.45) is 6.25. The normalized spacial score (nSPS) is 24.2. The highest BCUT2D eigenvalue weighted by molar-refractivity contribution is 5.92. The van der Waals surface area contributed by atoms with Gasteiger partial charge in [-0.3, -0.25) is 4.79 Å². The summed E-state index contributed by atoms with van der Waals surface area (Å²) in [6, 6.07) is 9.30. The highest BCUT2D eigenvalue weighted by Gasteiger charge is 2.47. The Bertz CT molecular complexity index is 549. The van der Waals surface area contributed by atoms with Crippen LogP contribution in [0.15, 0.2) is 30.3 Å². The van der Waals surface area contributed by atoms with E-state index in [1.165, 1.54) is 0 Å². The molecule has 22 heavy (non-hydrogen) atoms. The van der Waals surface area contributed by atoms with Crippen molar-refractivity contribution in [1.29, 1.82) is 0 Å². The summed E-state index contributed by atoms with van der Waals surface area (Å²) in [7, 11) is 0.